The van der Waals surface area contributed by atoms with Gasteiger partial charge in [0.1, 0.15) is 0 Å². The number of benzene rings is 1. The van der Waals surface area contributed by atoms with Crippen LogP contribution in [-0.2, 0) is 19.1 Å². The first-order chi connectivity index (χ1) is 13.6. The third kappa shape index (κ3) is 4.59. The van der Waals surface area contributed by atoms with Gasteiger partial charge in [0.2, 0.25) is 0 Å². The molecule has 1 aromatic carbocycles. The molecule has 2 aromatic rings. The Morgan fingerprint density at radius 1 is 1.14 bits per heavy atom. The minimum Gasteiger partial charge on any atom is -0.490 e. The smallest absolute Gasteiger partial charge is 0.363 e. The molecular formula is C20H19NO7. The molecular weight excluding hydrogens is 366 g/mol. The van der Waals surface area contributed by atoms with Gasteiger partial charge in [0.05, 0.1) is 19.5 Å². The zero-order valence-corrected chi connectivity index (χ0v) is 15.5. The summed E-state index contributed by atoms with van der Waals surface area (Å²) in [7, 11) is 0. The largest absolute Gasteiger partial charge is 0.490 e. The maximum Gasteiger partial charge on any atom is 0.363 e. The molecule has 146 valence electrons. The van der Waals surface area contributed by atoms with E-state index in [4.69, 9.17) is 23.4 Å². The fourth-order valence-corrected chi connectivity index (χ4v) is 2.41. The lowest BCUT2D eigenvalue weighted by Gasteiger charge is -2.12. The first-order valence-electron chi connectivity index (χ1n) is 8.72. The van der Waals surface area contributed by atoms with Gasteiger partial charge in [-0.25, -0.2) is 14.6 Å². The molecule has 8 heteroatoms. The highest BCUT2D eigenvalue weighted by molar-refractivity contribution is 6.11. The lowest BCUT2D eigenvalue weighted by atomic mass is 10.1. The van der Waals surface area contributed by atoms with Crippen LogP contribution in [0.3, 0.4) is 0 Å². The zero-order chi connectivity index (χ0) is 19.9. The van der Waals surface area contributed by atoms with E-state index >= 15 is 0 Å². The summed E-state index contributed by atoms with van der Waals surface area (Å²) in [5.41, 5.74) is 0.789. The molecule has 0 saturated heterocycles. The van der Waals surface area contributed by atoms with E-state index in [1.54, 1.807) is 43.3 Å². The van der Waals surface area contributed by atoms with Crippen LogP contribution in [0.25, 0.3) is 6.08 Å². The van der Waals surface area contributed by atoms with Crippen molar-refractivity contribution >= 4 is 23.9 Å². The third-order valence-corrected chi connectivity index (χ3v) is 3.57. The number of carbonyl (C=O) groups excluding carboxylic acids is 2. The van der Waals surface area contributed by atoms with E-state index in [0.717, 1.165) is 0 Å². The first kappa shape index (κ1) is 19.2. The number of hydrogen-bond acceptors (Lipinski definition) is 8. The van der Waals surface area contributed by atoms with Crippen molar-refractivity contribution < 1.29 is 33.0 Å². The van der Waals surface area contributed by atoms with E-state index in [9.17, 15) is 9.59 Å². The number of hydrogen-bond donors (Lipinski definition) is 0. The van der Waals surface area contributed by atoms with Crippen molar-refractivity contribution in [3.05, 3.63) is 53.6 Å². The summed E-state index contributed by atoms with van der Waals surface area (Å²) in [6.45, 7) is 4.01. The van der Waals surface area contributed by atoms with Crippen molar-refractivity contribution in [2.24, 2.45) is 4.99 Å². The van der Waals surface area contributed by atoms with Crippen molar-refractivity contribution in [3.8, 4) is 11.5 Å². The monoisotopic (exact) mass is 385 g/mol. The van der Waals surface area contributed by atoms with Crippen LogP contribution in [0.5, 0.6) is 11.5 Å². The zero-order valence-electron chi connectivity index (χ0n) is 15.5. The highest BCUT2D eigenvalue weighted by atomic mass is 16.6. The van der Waals surface area contributed by atoms with Crippen LogP contribution in [0.4, 0.5) is 0 Å². The van der Waals surface area contributed by atoms with Crippen LogP contribution in [0.2, 0.25) is 0 Å². The Bertz CT molecular complexity index is 913. The van der Waals surface area contributed by atoms with Crippen molar-refractivity contribution in [1.29, 1.82) is 0 Å². The van der Waals surface area contributed by atoms with E-state index < -0.39 is 11.9 Å². The third-order valence-electron chi connectivity index (χ3n) is 3.57. The molecule has 0 radical (unpaired) electrons. The molecule has 28 heavy (non-hydrogen) atoms. The van der Waals surface area contributed by atoms with Gasteiger partial charge in [-0.05, 0) is 49.8 Å². The topological polar surface area (TPSA) is 96.6 Å². The summed E-state index contributed by atoms with van der Waals surface area (Å²) in [6.07, 6.45) is 3.03. The standard InChI is InChI=1S/C20H19NO7/c1-3-24-17-11-13(7-8-15(17)27-12-18(22)25-4-2)10-14-20(23)28-19(21-14)16-6-5-9-26-16/h5-11H,3-4,12H2,1-2H3/b14-10-. The quantitative estimate of drug-likeness (QED) is 0.509. The lowest BCUT2D eigenvalue weighted by Crippen LogP contribution is -2.15. The van der Waals surface area contributed by atoms with Gasteiger partial charge in [-0.2, -0.15) is 0 Å². The predicted octanol–water partition coefficient (Wildman–Crippen LogP) is 2.96. The SMILES string of the molecule is CCOC(=O)COc1ccc(/C=C2\N=C(c3ccco3)OC2=O)cc1OCC. The van der Waals surface area contributed by atoms with E-state index in [1.807, 2.05) is 6.92 Å². The number of carbonyl (C=O) groups is 2. The highest BCUT2D eigenvalue weighted by Crippen LogP contribution is 2.30. The Kier molecular flexibility index (Phi) is 6.11. The maximum atomic E-state index is 12.0. The fraction of sp³-hybridized carbons (Fsp3) is 0.250. The molecule has 0 N–H and O–H groups in total. The van der Waals surface area contributed by atoms with Gasteiger partial charge in [0.15, 0.2) is 29.6 Å². The molecule has 1 aromatic heterocycles. The molecule has 1 aliphatic heterocycles. The molecule has 0 saturated carbocycles. The van der Waals surface area contributed by atoms with Gasteiger partial charge >= 0.3 is 11.9 Å². The Labute approximate surface area is 161 Å². The van der Waals surface area contributed by atoms with Crippen molar-refractivity contribution in [1.82, 2.24) is 0 Å². The fourth-order valence-electron chi connectivity index (χ4n) is 2.41. The maximum absolute atomic E-state index is 12.0. The number of nitrogens with zero attached hydrogens (tertiary/aromatic N) is 1. The van der Waals surface area contributed by atoms with Crippen molar-refractivity contribution in [2.75, 3.05) is 19.8 Å². The van der Waals surface area contributed by atoms with E-state index in [2.05, 4.69) is 4.99 Å². The number of rotatable bonds is 8. The van der Waals surface area contributed by atoms with E-state index in [1.165, 1.54) is 6.26 Å². The number of cyclic esters (lactones) is 1. The minimum atomic E-state index is -0.577. The number of ether oxygens (including phenoxy) is 4. The second-order valence-corrected chi connectivity index (χ2v) is 5.55. The molecule has 2 heterocycles. The molecule has 0 bridgehead atoms. The average Bonchev–Trinajstić information content (AvgIpc) is 3.32. The minimum absolute atomic E-state index is 0.112. The molecule has 0 fully saturated rings. The number of aliphatic imine (C=N–C) groups is 1. The first-order valence-corrected chi connectivity index (χ1v) is 8.72. The van der Waals surface area contributed by atoms with E-state index in [-0.39, 0.29) is 24.8 Å². The van der Waals surface area contributed by atoms with Gasteiger partial charge in [-0.1, -0.05) is 6.07 Å². The molecule has 0 unspecified atom stereocenters. The molecule has 0 amide bonds. The summed E-state index contributed by atoms with van der Waals surface area (Å²) in [6, 6.07) is 8.37. The Morgan fingerprint density at radius 3 is 2.71 bits per heavy atom. The Hall–Kier alpha value is -3.55. The summed E-state index contributed by atoms with van der Waals surface area (Å²) in [4.78, 5) is 27.7. The Morgan fingerprint density at radius 2 is 2.00 bits per heavy atom. The predicted molar refractivity (Wildman–Crippen MR) is 99.1 cm³/mol. The molecule has 3 rings (SSSR count). The van der Waals surface area contributed by atoms with Gasteiger partial charge in [0.25, 0.3) is 5.90 Å². The van der Waals surface area contributed by atoms with Crippen LogP contribution < -0.4 is 9.47 Å². The van der Waals surface area contributed by atoms with Gasteiger partial charge in [0, 0.05) is 0 Å². The summed E-state index contributed by atoms with van der Waals surface area (Å²) in [5, 5.41) is 0. The van der Waals surface area contributed by atoms with E-state index in [0.29, 0.717) is 29.4 Å². The molecule has 0 aliphatic carbocycles. The van der Waals surface area contributed by atoms with Crippen LogP contribution in [0.1, 0.15) is 25.2 Å². The molecule has 1 aliphatic rings. The summed E-state index contributed by atoms with van der Waals surface area (Å²) < 4.78 is 26.2. The van der Waals surface area contributed by atoms with Crippen molar-refractivity contribution in [3.63, 3.8) is 0 Å². The van der Waals surface area contributed by atoms with Crippen molar-refractivity contribution in [2.45, 2.75) is 13.8 Å². The molecule has 0 spiro atoms. The molecule has 8 nitrogen and oxygen atoms in total. The molecule has 0 atom stereocenters. The van der Waals surface area contributed by atoms with Gasteiger partial charge in [-0.3, -0.25) is 0 Å². The van der Waals surface area contributed by atoms with Crippen LogP contribution in [0.15, 0.2) is 51.7 Å². The number of furan rings is 1. The number of esters is 2. The average molecular weight is 385 g/mol. The van der Waals surface area contributed by atoms with Gasteiger partial charge < -0.3 is 23.4 Å². The normalized spacial score (nSPS) is 14.6. The van der Waals surface area contributed by atoms with Crippen LogP contribution >= 0.6 is 0 Å². The lowest BCUT2D eigenvalue weighted by molar-refractivity contribution is -0.145. The second kappa shape index (κ2) is 8.90. The van der Waals surface area contributed by atoms with Gasteiger partial charge in [-0.15, -0.1) is 0 Å². The highest BCUT2D eigenvalue weighted by Gasteiger charge is 2.25. The summed E-state index contributed by atoms with van der Waals surface area (Å²) in [5.74, 6) is 0.264. The van der Waals surface area contributed by atoms with Crippen LogP contribution in [0, 0.1) is 0 Å². The van der Waals surface area contributed by atoms with Crippen LogP contribution in [-0.4, -0.2) is 37.7 Å². The Balaban J connectivity index is 1.80. The second-order valence-electron chi connectivity index (χ2n) is 5.55. The summed E-state index contributed by atoms with van der Waals surface area (Å²) >= 11 is 0.